The number of methoxy groups -OCH3 is 2. The first-order chi connectivity index (χ1) is 12.0. The van der Waals surface area contributed by atoms with Crippen LogP contribution in [0, 0.1) is 0 Å². The minimum absolute atomic E-state index is 0.0689. The molecule has 2 rings (SSSR count). The highest BCUT2D eigenvalue weighted by atomic mass is 35.5. The molecule has 0 radical (unpaired) electrons. The molecule has 0 atom stereocenters. The van der Waals surface area contributed by atoms with E-state index >= 15 is 0 Å². The maximum absolute atomic E-state index is 11.8. The van der Waals surface area contributed by atoms with E-state index < -0.39 is 0 Å². The normalized spacial score (nSPS) is 10.6. The van der Waals surface area contributed by atoms with Gasteiger partial charge in [0.25, 0.3) is 5.91 Å². The van der Waals surface area contributed by atoms with E-state index in [-0.39, 0.29) is 12.5 Å². The van der Waals surface area contributed by atoms with Gasteiger partial charge >= 0.3 is 0 Å². The standard InChI is InChI=1S/C17H17Cl2N3O3/c1-24-15-8-16(25-2)14(19)7-11(15)9-21-22-17(23)10-20-13-5-3-12(18)4-6-13/h3-9,20H,10H2,1-2H3,(H,22,23)/b21-9-. The first kappa shape index (κ1) is 18.9. The molecule has 0 saturated heterocycles. The van der Waals surface area contributed by atoms with Gasteiger partial charge in [-0.25, -0.2) is 5.43 Å². The molecule has 2 aromatic carbocycles. The molecular weight excluding hydrogens is 365 g/mol. The summed E-state index contributed by atoms with van der Waals surface area (Å²) in [7, 11) is 3.04. The number of carbonyl (C=O) groups excluding carboxylic acids is 1. The highest BCUT2D eigenvalue weighted by Crippen LogP contribution is 2.31. The molecule has 0 heterocycles. The second-order valence-corrected chi connectivity index (χ2v) is 5.73. The van der Waals surface area contributed by atoms with E-state index in [1.807, 2.05) is 0 Å². The number of ether oxygens (including phenoxy) is 2. The van der Waals surface area contributed by atoms with Crippen molar-refractivity contribution >= 4 is 41.0 Å². The Balaban J connectivity index is 1.92. The number of nitrogens with one attached hydrogen (secondary N) is 2. The average Bonchev–Trinajstić information content (AvgIpc) is 2.61. The Morgan fingerprint density at radius 3 is 2.44 bits per heavy atom. The van der Waals surface area contributed by atoms with E-state index in [0.717, 1.165) is 5.69 Å². The van der Waals surface area contributed by atoms with Gasteiger partial charge in [0.1, 0.15) is 11.5 Å². The molecule has 0 saturated carbocycles. The Hall–Kier alpha value is -2.44. The zero-order valence-electron chi connectivity index (χ0n) is 13.7. The van der Waals surface area contributed by atoms with Crippen LogP contribution >= 0.6 is 23.2 Å². The average molecular weight is 382 g/mol. The largest absolute Gasteiger partial charge is 0.496 e. The number of rotatable bonds is 7. The van der Waals surface area contributed by atoms with Crippen LogP contribution in [0.5, 0.6) is 11.5 Å². The lowest BCUT2D eigenvalue weighted by molar-refractivity contribution is -0.119. The molecule has 0 aliphatic heterocycles. The minimum atomic E-state index is -0.301. The SMILES string of the molecule is COc1cc(OC)c(/C=N\NC(=O)CNc2ccc(Cl)cc2)cc1Cl. The van der Waals surface area contributed by atoms with Crippen molar-refractivity contribution in [3.8, 4) is 11.5 Å². The molecule has 0 aromatic heterocycles. The van der Waals surface area contributed by atoms with Gasteiger partial charge in [0, 0.05) is 22.3 Å². The Morgan fingerprint density at radius 1 is 1.12 bits per heavy atom. The van der Waals surface area contributed by atoms with Gasteiger partial charge in [0.15, 0.2) is 0 Å². The number of amides is 1. The van der Waals surface area contributed by atoms with Gasteiger partial charge in [-0.3, -0.25) is 4.79 Å². The molecule has 0 bridgehead atoms. The predicted octanol–water partition coefficient (Wildman–Crippen LogP) is 3.57. The van der Waals surface area contributed by atoms with Crippen molar-refractivity contribution in [3.63, 3.8) is 0 Å². The summed E-state index contributed by atoms with van der Waals surface area (Å²) in [5, 5.41) is 7.92. The van der Waals surface area contributed by atoms with Crippen molar-refractivity contribution < 1.29 is 14.3 Å². The number of benzene rings is 2. The van der Waals surface area contributed by atoms with Crippen LogP contribution in [-0.4, -0.2) is 32.9 Å². The number of carbonyl (C=O) groups is 1. The van der Waals surface area contributed by atoms with Crippen LogP contribution < -0.4 is 20.2 Å². The summed E-state index contributed by atoms with van der Waals surface area (Å²) in [5.41, 5.74) is 3.82. The first-order valence-electron chi connectivity index (χ1n) is 7.26. The third-order valence-corrected chi connectivity index (χ3v) is 3.74. The van der Waals surface area contributed by atoms with Crippen LogP contribution in [-0.2, 0) is 4.79 Å². The highest BCUT2D eigenvalue weighted by Gasteiger charge is 2.08. The fourth-order valence-electron chi connectivity index (χ4n) is 1.95. The molecule has 0 aliphatic rings. The Bertz CT molecular complexity index is 764. The Morgan fingerprint density at radius 2 is 1.80 bits per heavy atom. The topological polar surface area (TPSA) is 72.0 Å². The monoisotopic (exact) mass is 381 g/mol. The van der Waals surface area contributed by atoms with Crippen molar-refractivity contribution in [2.75, 3.05) is 26.1 Å². The third-order valence-electron chi connectivity index (χ3n) is 3.19. The molecule has 0 unspecified atom stereocenters. The molecule has 6 nitrogen and oxygen atoms in total. The second-order valence-electron chi connectivity index (χ2n) is 4.88. The lowest BCUT2D eigenvalue weighted by atomic mass is 10.2. The van der Waals surface area contributed by atoms with Crippen molar-refractivity contribution in [2.24, 2.45) is 5.10 Å². The van der Waals surface area contributed by atoms with E-state index in [0.29, 0.717) is 27.1 Å². The summed E-state index contributed by atoms with van der Waals surface area (Å²) in [6.07, 6.45) is 1.45. The number of hydrogen-bond donors (Lipinski definition) is 2. The Labute approximate surface area is 155 Å². The molecule has 0 aliphatic carbocycles. The fourth-order valence-corrected chi connectivity index (χ4v) is 2.32. The molecule has 2 N–H and O–H groups in total. The van der Waals surface area contributed by atoms with Crippen LogP contribution in [0.1, 0.15) is 5.56 Å². The number of halogens is 2. The molecular formula is C17H17Cl2N3O3. The maximum atomic E-state index is 11.8. The zero-order valence-corrected chi connectivity index (χ0v) is 15.2. The minimum Gasteiger partial charge on any atom is -0.496 e. The lowest BCUT2D eigenvalue weighted by Gasteiger charge is -2.09. The molecule has 0 fully saturated rings. The van der Waals surface area contributed by atoms with E-state index in [4.69, 9.17) is 32.7 Å². The van der Waals surface area contributed by atoms with Gasteiger partial charge in [-0.2, -0.15) is 5.10 Å². The van der Waals surface area contributed by atoms with Gasteiger partial charge < -0.3 is 14.8 Å². The summed E-state index contributed by atoms with van der Waals surface area (Å²) < 4.78 is 10.4. The molecule has 1 amide bonds. The first-order valence-corrected chi connectivity index (χ1v) is 8.02. The van der Waals surface area contributed by atoms with Crippen molar-refractivity contribution in [1.82, 2.24) is 5.43 Å². The summed E-state index contributed by atoms with van der Waals surface area (Å²) in [5.74, 6) is 0.718. The van der Waals surface area contributed by atoms with Crippen LogP contribution in [0.25, 0.3) is 0 Å². The van der Waals surface area contributed by atoms with Crippen LogP contribution in [0.15, 0.2) is 41.5 Å². The van der Waals surface area contributed by atoms with Gasteiger partial charge in [0.2, 0.25) is 0 Å². The Kier molecular flexibility index (Phi) is 6.91. The highest BCUT2D eigenvalue weighted by molar-refractivity contribution is 6.32. The van der Waals surface area contributed by atoms with Crippen molar-refractivity contribution in [3.05, 3.63) is 52.0 Å². The van der Waals surface area contributed by atoms with Crippen molar-refractivity contribution in [1.29, 1.82) is 0 Å². The molecule has 2 aromatic rings. The molecule has 0 spiro atoms. The van der Waals surface area contributed by atoms with Crippen molar-refractivity contribution in [2.45, 2.75) is 0 Å². The predicted molar refractivity (Wildman–Crippen MR) is 100 cm³/mol. The third kappa shape index (κ3) is 5.55. The number of anilines is 1. The molecule has 132 valence electrons. The van der Waals surface area contributed by atoms with Crippen LogP contribution in [0.2, 0.25) is 10.0 Å². The van der Waals surface area contributed by atoms with E-state index in [9.17, 15) is 4.79 Å². The van der Waals surface area contributed by atoms with E-state index in [1.54, 1.807) is 36.4 Å². The lowest BCUT2D eigenvalue weighted by Crippen LogP contribution is -2.25. The summed E-state index contributed by atoms with van der Waals surface area (Å²) in [4.78, 5) is 11.8. The van der Waals surface area contributed by atoms with Gasteiger partial charge in [-0.1, -0.05) is 23.2 Å². The molecule has 25 heavy (non-hydrogen) atoms. The van der Waals surface area contributed by atoms with E-state index in [1.165, 1.54) is 20.4 Å². The number of nitrogens with zero attached hydrogens (tertiary/aromatic N) is 1. The summed E-state index contributed by atoms with van der Waals surface area (Å²) in [6.45, 7) is 0.0689. The van der Waals surface area contributed by atoms with Gasteiger partial charge in [0.05, 0.1) is 32.0 Å². The van der Waals surface area contributed by atoms with E-state index in [2.05, 4.69) is 15.8 Å². The van der Waals surface area contributed by atoms with Gasteiger partial charge in [-0.15, -0.1) is 0 Å². The smallest absolute Gasteiger partial charge is 0.259 e. The second kappa shape index (κ2) is 9.15. The quantitative estimate of drug-likeness (QED) is 0.567. The van der Waals surface area contributed by atoms with Gasteiger partial charge in [-0.05, 0) is 30.3 Å². The maximum Gasteiger partial charge on any atom is 0.259 e. The number of hydrogen-bond acceptors (Lipinski definition) is 5. The fraction of sp³-hybridized carbons (Fsp3) is 0.176. The number of hydrazone groups is 1. The summed E-state index contributed by atoms with van der Waals surface area (Å²) in [6, 6.07) is 10.3. The molecule has 8 heteroatoms. The zero-order chi connectivity index (χ0) is 18.2. The van der Waals surface area contributed by atoms with Crippen LogP contribution in [0.4, 0.5) is 5.69 Å². The van der Waals surface area contributed by atoms with Crippen LogP contribution in [0.3, 0.4) is 0 Å². The summed E-state index contributed by atoms with van der Waals surface area (Å²) >= 11 is 11.9.